The Hall–Kier alpha value is -4.51. The van der Waals surface area contributed by atoms with Crippen molar-refractivity contribution in [3.63, 3.8) is 0 Å². The maximum Gasteiger partial charge on any atom is -1.00 e. The van der Waals surface area contributed by atoms with Crippen LogP contribution in [0, 0.1) is 0 Å². The van der Waals surface area contributed by atoms with E-state index in [2.05, 4.69) is 206 Å². The summed E-state index contributed by atoms with van der Waals surface area (Å²) in [5.41, 5.74) is 8.46. The summed E-state index contributed by atoms with van der Waals surface area (Å²) in [6, 6.07) is 62.0. The van der Waals surface area contributed by atoms with Crippen LogP contribution >= 0.6 is 0 Å². The number of benzene rings is 8. The molecule has 0 nitrogen and oxygen atoms in total. The van der Waals surface area contributed by atoms with Gasteiger partial charge in [0.2, 0.25) is 0 Å². The van der Waals surface area contributed by atoms with Gasteiger partial charge in [-0.1, -0.05) is 133 Å². The molecule has 2 unspecified atom stereocenters. The second-order valence-corrected chi connectivity index (χ2v) is 38.2. The van der Waals surface area contributed by atoms with Crippen LogP contribution in [0.2, 0.25) is 11.5 Å². The molecule has 2 atom stereocenters. The fraction of sp³-hybridized carbons (Fsp3) is 0.0741. The minimum atomic E-state index is -0.194. The predicted octanol–water partition coefficient (Wildman–Crippen LogP) is 8.84. The Bertz CT molecular complexity index is 2940. The SMILES string of the molecule is C1=CC(c2cc3ccccc3[cH-]2)c2c1c1ccccc1c1ccccc21.C1=CC(c2cc3ccccc3[cH-]2)c2c1c1ccccc1c1ccccc21.[CH3][Ge]([CH3])=[Hf+2].[Cl-].[Cl-]. The minimum absolute atomic E-state index is 0. The maximum atomic E-state index is 2.40. The summed E-state index contributed by atoms with van der Waals surface area (Å²) in [6.45, 7) is 0. The Labute approximate surface area is 368 Å². The molecular weight excluding hydrogens is 971 g/mol. The Morgan fingerprint density at radius 3 is 1.07 bits per heavy atom. The fourth-order valence-electron chi connectivity index (χ4n) is 9.26. The third kappa shape index (κ3) is 7.15. The van der Waals surface area contributed by atoms with Gasteiger partial charge in [-0.3, -0.25) is 0 Å². The maximum absolute atomic E-state index is 2.40. The number of hydrogen-bond acceptors (Lipinski definition) is 0. The molecule has 280 valence electrons. The first-order chi connectivity index (χ1) is 27.5. The van der Waals surface area contributed by atoms with Crippen LogP contribution in [0.5, 0.6) is 0 Å². The van der Waals surface area contributed by atoms with Crippen LogP contribution < -0.4 is 24.8 Å². The van der Waals surface area contributed by atoms with E-state index in [1.807, 2.05) is 0 Å². The van der Waals surface area contributed by atoms with Crippen molar-refractivity contribution >= 4 is 86.8 Å². The van der Waals surface area contributed by atoms with Crippen LogP contribution in [0.25, 0.3) is 76.8 Å². The summed E-state index contributed by atoms with van der Waals surface area (Å²) in [5.74, 6) is 5.44. The standard InChI is InChI=1S/2C26H17.C2H6Ge.2ClH.Hf/c2*1-2-8-18-16-19(15-17(18)7-1)20-13-14-25-23-11-4-3-9-21(23)22-10-5-6-12-24(22)26(20)25;1-3-2;;;/h2*1-16,20H;1-2H3;2*1H;/q2*-1;;;;+2/p-2. The van der Waals surface area contributed by atoms with E-state index in [-0.39, 0.29) is 34.9 Å². The molecule has 0 saturated heterocycles. The van der Waals surface area contributed by atoms with E-state index in [0.717, 1.165) is 0 Å². The average molecular weight is 1010 g/mol. The van der Waals surface area contributed by atoms with Crippen molar-refractivity contribution in [2.75, 3.05) is 0 Å². The Morgan fingerprint density at radius 1 is 0.414 bits per heavy atom. The Balaban J connectivity index is 0.000000144. The van der Waals surface area contributed by atoms with Gasteiger partial charge in [-0.2, -0.15) is 12.1 Å². The zero-order chi connectivity index (χ0) is 37.8. The van der Waals surface area contributed by atoms with Crippen LogP contribution in [0.15, 0.2) is 182 Å². The third-order valence-corrected chi connectivity index (χ3v) is 11.6. The van der Waals surface area contributed by atoms with Crippen molar-refractivity contribution in [1.82, 2.24) is 0 Å². The van der Waals surface area contributed by atoms with Crippen LogP contribution in [-0.2, 0) is 21.3 Å². The number of rotatable bonds is 2. The largest absolute Gasteiger partial charge is 1.00 e. The first-order valence-electron chi connectivity index (χ1n) is 19.6. The molecule has 0 heterocycles. The Morgan fingerprint density at radius 2 is 0.707 bits per heavy atom. The molecule has 4 heteroatoms. The smallest absolute Gasteiger partial charge is 1.00 e. The summed E-state index contributed by atoms with van der Waals surface area (Å²) in [6.07, 6.45) is 9.40. The zero-order valence-corrected chi connectivity index (χ0v) is 39.6. The van der Waals surface area contributed by atoms with E-state index in [1.54, 1.807) is 0 Å². The zero-order valence-electron chi connectivity index (χ0n) is 32.4. The van der Waals surface area contributed by atoms with Gasteiger partial charge in [0.1, 0.15) is 0 Å². The molecule has 0 saturated carbocycles. The first-order valence-corrected chi connectivity index (χ1v) is 34.2. The van der Waals surface area contributed by atoms with Crippen LogP contribution in [0.3, 0.4) is 0 Å². The monoisotopic (exact) mass is 1010 g/mol. The molecule has 0 bridgehead atoms. The van der Waals surface area contributed by atoms with Crippen LogP contribution in [0.4, 0.5) is 0 Å². The van der Waals surface area contributed by atoms with Crippen molar-refractivity contribution in [3.05, 3.63) is 215 Å². The van der Waals surface area contributed by atoms with Gasteiger partial charge < -0.3 is 24.8 Å². The summed E-state index contributed by atoms with van der Waals surface area (Å²) < 4.78 is 0. The van der Waals surface area contributed by atoms with Crippen molar-refractivity contribution in [1.29, 1.82) is 0 Å². The summed E-state index contributed by atoms with van der Waals surface area (Å²) in [7, 11) is -0.194. The number of allylic oxidation sites excluding steroid dienone is 2. The third-order valence-electron chi connectivity index (χ3n) is 11.6. The molecule has 58 heavy (non-hydrogen) atoms. The van der Waals surface area contributed by atoms with E-state index in [9.17, 15) is 0 Å². The summed E-state index contributed by atoms with van der Waals surface area (Å²) in [4.78, 5) is 0. The number of halogens is 2. The van der Waals surface area contributed by atoms with Crippen LogP contribution in [-0.4, -0.2) is 10.1 Å². The van der Waals surface area contributed by atoms with Gasteiger partial charge in [0.25, 0.3) is 0 Å². The number of fused-ring (bicyclic) bond motifs is 14. The topological polar surface area (TPSA) is 0 Å². The minimum Gasteiger partial charge on any atom is -1.00 e. The van der Waals surface area contributed by atoms with Gasteiger partial charge in [0.05, 0.1) is 0 Å². The predicted molar refractivity (Wildman–Crippen MR) is 241 cm³/mol. The van der Waals surface area contributed by atoms with E-state index >= 15 is 0 Å². The first kappa shape index (κ1) is 40.3. The molecule has 0 aliphatic heterocycles. The molecule has 2 aliphatic carbocycles. The average Bonchev–Trinajstić information content (AvgIpc) is 4.05. The molecule has 2 aliphatic rings. The van der Waals surface area contributed by atoms with E-state index < -0.39 is 0 Å². The summed E-state index contributed by atoms with van der Waals surface area (Å²) >= 11 is 1.52. The molecule has 0 radical (unpaired) electrons. The van der Waals surface area contributed by atoms with Crippen molar-refractivity contribution < 1.29 is 46.1 Å². The van der Waals surface area contributed by atoms with Gasteiger partial charge >= 0.3 is 42.8 Å². The Kier molecular flexibility index (Phi) is 11.8. The normalized spacial score (nSPS) is 14.8. The van der Waals surface area contributed by atoms with Crippen molar-refractivity contribution in [2.45, 2.75) is 23.3 Å². The summed E-state index contributed by atoms with van der Waals surface area (Å²) in [5, 5.41) is 16.2. The van der Waals surface area contributed by atoms with Gasteiger partial charge in [0, 0.05) is 11.8 Å². The molecule has 0 amide bonds. The number of hydrogen-bond donors (Lipinski definition) is 0. The van der Waals surface area contributed by atoms with E-state index in [4.69, 9.17) is 0 Å². The van der Waals surface area contributed by atoms with E-state index in [0.29, 0.717) is 11.8 Å². The van der Waals surface area contributed by atoms with Gasteiger partial charge in [-0.15, -0.1) is 81.2 Å². The molecule has 0 aromatic heterocycles. The fourth-order valence-corrected chi connectivity index (χ4v) is 9.26. The van der Waals surface area contributed by atoms with Gasteiger partial charge in [-0.05, 0) is 65.3 Å². The molecular formula is C54H40Cl2GeHf-2. The second kappa shape index (κ2) is 17.0. The molecule has 0 N–H and O–H groups in total. The molecule has 12 rings (SSSR count). The van der Waals surface area contributed by atoms with Crippen molar-refractivity contribution in [3.8, 4) is 0 Å². The second-order valence-electron chi connectivity index (χ2n) is 15.3. The van der Waals surface area contributed by atoms with Crippen molar-refractivity contribution in [2.24, 2.45) is 0 Å². The quantitative estimate of drug-likeness (QED) is 0.0924. The molecule has 10 aromatic rings. The molecule has 0 spiro atoms. The van der Waals surface area contributed by atoms with E-state index in [1.165, 1.54) is 119 Å². The van der Waals surface area contributed by atoms with Crippen LogP contribution in [0.1, 0.15) is 45.2 Å². The molecule has 0 fully saturated rings. The molecule has 10 aromatic carbocycles. The van der Waals surface area contributed by atoms with Gasteiger partial charge in [-0.25, -0.2) is 0 Å². The van der Waals surface area contributed by atoms with Gasteiger partial charge in [0.15, 0.2) is 0 Å².